The minimum Gasteiger partial charge on any atom is -0.309 e. The van der Waals surface area contributed by atoms with Crippen molar-refractivity contribution in [2.45, 2.75) is 0 Å². The monoisotopic (exact) mass is 563 g/mol. The second-order valence-corrected chi connectivity index (χ2v) is 10.9. The van der Waals surface area contributed by atoms with E-state index in [4.69, 9.17) is 15.0 Å². The van der Waals surface area contributed by atoms with E-state index in [1.165, 1.54) is 38.1 Å². The largest absolute Gasteiger partial charge is 0.309 e. The normalized spacial score (nSPS) is 12.4. The fourth-order valence-electron chi connectivity index (χ4n) is 6.45. The van der Waals surface area contributed by atoms with Crippen LogP contribution < -0.4 is 4.90 Å². The zero-order chi connectivity index (χ0) is 29.0. The maximum atomic E-state index is 5.02. The Labute approximate surface area is 254 Å². The van der Waals surface area contributed by atoms with Crippen LogP contribution in [0.15, 0.2) is 146 Å². The van der Waals surface area contributed by atoms with Crippen molar-refractivity contribution in [1.82, 2.24) is 19.5 Å². The van der Waals surface area contributed by atoms with Gasteiger partial charge in [-0.2, -0.15) is 9.97 Å². The summed E-state index contributed by atoms with van der Waals surface area (Å²) in [5.74, 6) is 1.86. The molecular weight excluding hydrogens is 538 g/mol. The highest BCUT2D eigenvalue weighted by Crippen LogP contribution is 2.45. The highest BCUT2D eigenvalue weighted by Gasteiger charge is 2.25. The highest BCUT2D eigenvalue weighted by molar-refractivity contribution is 6.22. The van der Waals surface area contributed by atoms with Crippen molar-refractivity contribution in [3.05, 3.63) is 151 Å². The molecule has 44 heavy (non-hydrogen) atoms. The molecule has 9 rings (SSSR count). The van der Waals surface area contributed by atoms with Gasteiger partial charge in [0.2, 0.25) is 5.95 Å². The van der Waals surface area contributed by atoms with Crippen molar-refractivity contribution >= 4 is 50.3 Å². The molecule has 8 aromatic rings. The highest BCUT2D eigenvalue weighted by atomic mass is 15.3. The minimum absolute atomic E-state index is 0.582. The van der Waals surface area contributed by atoms with Crippen molar-refractivity contribution in [3.63, 3.8) is 0 Å². The SMILES string of the molecule is C1=CN(c2nc(-c3ccccc3)nc(-c3ccccc3)n2)c2cccc3cc4c(c1c23)c1ccccc1n4-c1ccccc1. The number of benzene rings is 6. The van der Waals surface area contributed by atoms with Crippen LogP contribution in [0.25, 0.3) is 67.1 Å². The second kappa shape index (κ2) is 9.75. The molecule has 0 saturated heterocycles. The molecule has 2 aromatic heterocycles. The Morgan fingerprint density at radius 2 is 1.14 bits per heavy atom. The van der Waals surface area contributed by atoms with Crippen LogP contribution in [0.2, 0.25) is 0 Å². The molecule has 3 heterocycles. The van der Waals surface area contributed by atoms with E-state index in [9.17, 15) is 0 Å². The molecule has 1 aliphatic heterocycles. The van der Waals surface area contributed by atoms with E-state index in [0.717, 1.165) is 22.5 Å². The van der Waals surface area contributed by atoms with Crippen molar-refractivity contribution in [2.24, 2.45) is 0 Å². The van der Waals surface area contributed by atoms with Gasteiger partial charge in [0.25, 0.3) is 0 Å². The lowest BCUT2D eigenvalue weighted by molar-refractivity contribution is 1.02. The summed E-state index contributed by atoms with van der Waals surface area (Å²) in [7, 11) is 0. The van der Waals surface area contributed by atoms with E-state index in [1.807, 2.05) is 60.7 Å². The Morgan fingerprint density at radius 1 is 0.500 bits per heavy atom. The van der Waals surface area contributed by atoms with Gasteiger partial charge in [-0.15, -0.1) is 0 Å². The third kappa shape index (κ3) is 3.76. The molecule has 0 saturated carbocycles. The third-order valence-corrected chi connectivity index (χ3v) is 8.38. The first kappa shape index (κ1) is 24.5. The van der Waals surface area contributed by atoms with Crippen LogP contribution >= 0.6 is 0 Å². The van der Waals surface area contributed by atoms with Gasteiger partial charge >= 0.3 is 0 Å². The summed E-state index contributed by atoms with van der Waals surface area (Å²) < 4.78 is 2.37. The van der Waals surface area contributed by atoms with E-state index in [-0.39, 0.29) is 0 Å². The molecule has 0 N–H and O–H groups in total. The van der Waals surface area contributed by atoms with Gasteiger partial charge < -0.3 is 4.57 Å². The van der Waals surface area contributed by atoms with Gasteiger partial charge in [-0.3, -0.25) is 4.90 Å². The van der Waals surface area contributed by atoms with Crippen molar-refractivity contribution in [3.8, 4) is 28.5 Å². The zero-order valence-corrected chi connectivity index (χ0v) is 23.7. The molecule has 0 bridgehead atoms. The molecule has 5 nitrogen and oxygen atoms in total. The van der Waals surface area contributed by atoms with Crippen LogP contribution in [-0.4, -0.2) is 19.5 Å². The van der Waals surface area contributed by atoms with Gasteiger partial charge in [-0.05, 0) is 47.4 Å². The molecule has 206 valence electrons. The topological polar surface area (TPSA) is 46.8 Å². The van der Waals surface area contributed by atoms with Crippen LogP contribution in [0.1, 0.15) is 5.56 Å². The first-order chi connectivity index (χ1) is 21.8. The number of aromatic nitrogens is 4. The molecule has 0 amide bonds. The third-order valence-electron chi connectivity index (χ3n) is 8.38. The molecular formula is C39H25N5. The van der Waals surface area contributed by atoms with Crippen LogP contribution in [0, 0.1) is 0 Å². The predicted molar refractivity (Wildman–Crippen MR) is 180 cm³/mol. The summed E-state index contributed by atoms with van der Waals surface area (Å²) in [5, 5.41) is 4.82. The minimum atomic E-state index is 0.582. The fraction of sp³-hybridized carbons (Fsp3) is 0. The lowest BCUT2D eigenvalue weighted by atomic mass is 9.95. The van der Waals surface area contributed by atoms with E-state index in [0.29, 0.717) is 17.6 Å². The molecule has 0 spiro atoms. The van der Waals surface area contributed by atoms with Crippen molar-refractivity contribution in [2.75, 3.05) is 4.90 Å². The Hall–Kier alpha value is -6.07. The maximum Gasteiger partial charge on any atom is 0.238 e. The number of nitrogens with zero attached hydrogens (tertiary/aromatic N) is 5. The first-order valence-electron chi connectivity index (χ1n) is 14.7. The van der Waals surface area contributed by atoms with Gasteiger partial charge in [0, 0.05) is 39.2 Å². The predicted octanol–water partition coefficient (Wildman–Crippen LogP) is 9.58. The first-order valence-corrected chi connectivity index (χ1v) is 14.7. The number of para-hydroxylation sites is 2. The van der Waals surface area contributed by atoms with Gasteiger partial charge in [-0.1, -0.05) is 109 Å². The van der Waals surface area contributed by atoms with Crippen molar-refractivity contribution < 1.29 is 0 Å². The quantitative estimate of drug-likeness (QED) is 0.214. The number of hydrogen-bond acceptors (Lipinski definition) is 4. The van der Waals surface area contributed by atoms with Crippen LogP contribution in [0.4, 0.5) is 11.6 Å². The molecule has 6 aromatic carbocycles. The smallest absolute Gasteiger partial charge is 0.238 e. The summed E-state index contributed by atoms with van der Waals surface area (Å²) in [5.41, 5.74) is 7.67. The van der Waals surface area contributed by atoms with E-state index < -0.39 is 0 Å². The fourth-order valence-corrected chi connectivity index (χ4v) is 6.45. The summed E-state index contributed by atoms with van der Waals surface area (Å²) in [6, 6.07) is 48.3. The number of anilines is 2. The van der Waals surface area contributed by atoms with E-state index in [1.54, 1.807) is 0 Å². The molecule has 0 unspecified atom stereocenters. The Bertz CT molecular complexity index is 2320. The van der Waals surface area contributed by atoms with Gasteiger partial charge in [-0.25, -0.2) is 4.98 Å². The van der Waals surface area contributed by atoms with Gasteiger partial charge in [0.05, 0.1) is 16.7 Å². The number of hydrogen-bond donors (Lipinski definition) is 0. The number of fused-ring (bicyclic) bond motifs is 4. The average Bonchev–Trinajstić information content (AvgIpc) is 3.43. The summed E-state index contributed by atoms with van der Waals surface area (Å²) in [6.07, 6.45) is 4.32. The molecule has 0 fully saturated rings. The van der Waals surface area contributed by atoms with E-state index in [2.05, 4.69) is 101 Å². The molecule has 5 heteroatoms. The zero-order valence-electron chi connectivity index (χ0n) is 23.7. The summed E-state index contributed by atoms with van der Waals surface area (Å²) in [6.45, 7) is 0. The van der Waals surface area contributed by atoms with E-state index >= 15 is 0 Å². The second-order valence-electron chi connectivity index (χ2n) is 10.9. The molecule has 1 aliphatic rings. The summed E-state index contributed by atoms with van der Waals surface area (Å²) in [4.78, 5) is 17.0. The van der Waals surface area contributed by atoms with Crippen molar-refractivity contribution in [1.29, 1.82) is 0 Å². The Kier molecular flexibility index (Phi) is 5.43. The van der Waals surface area contributed by atoms with Crippen LogP contribution in [-0.2, 0) is 0 Å². The van der Waals surface area contributed by atoms with Crippen LogP contribution in [0.3, 0.4) is 0 Å². The number of rotatable bonds is 4. The summed E-state index contributed by atoms with van der Waals surface area (Å²) >= 11 is 0. The Balaban J connectivity index is 1.30. The molecule has 0 radical (unpaired) electrons. The van der Waals surface area contributed by atoms with Gasteiger partial charge in [0.1, 0.15) is 0 Å². The lowest BCUT2D eigenvalue weighted by Crippen LogP contribution is -2.16. The maximum absolute atomic E-state index is 5.02. The lowest BCUT2D eigenvalue weighted by Gasteiger charge is -2.26. The Morgan fingerprint density at radius 3 is 1.84 bits per heavy atom. The molecule has 0 atom stereocenters. The standard InChI is InChI=1S/C39H25N5/c1-4-13-26(14-5-1)37-40-38(27-15-6-2-7-16-27)42-39(41-37)43-24-23-31-35-28(17-12-22-33(35)43)25-34-36(31)30-20-10-11-21-32(30)44(34)29-18-8-3-9-19-29/h1-25H. The molecule has 0 aliphatic carbocycles. The average molecular weight is 564 g/mol. The van der Waals surface area contributed by atoms with Crippen LogP contribution in [0.5, 0.6) is 0 Å². The van der Waals surface area contributed by atoms with Gasteiger partial charge in [0.15, 0.2) is 11.6 Å².